The van der Waals surface area contributed by atoms with Crippen LogP contribution in [0.1, 0.15) is 34.1 Å². The smallest absolute Gasteiger partial charge is 0.331 e. The van der Waals surface area contributed by atoms with E-state index in [4.69, 9.17) is 5.11 Å². The average molecular weight is 199 g/mol. The first-order valence-electron chi connectivity index (χ1n) is 5.03. The quantitative estimate of drug-likeness (QED) is 0.666. The summed E-state index contributed by atoms with van der Waals surface area (Å²) in [7, 11) is 0. The summed E-state index contributed by atoms with van der Waals surface area (Å²) in [6.07, 6.45) is 0.533. The lowest BCUT2D eigenvalue weighted by atomic mass is 10.1. The first kappa shape index (κ1) is 13.2. The number of carboxylic acid groups (broad SMARTS) is 1. The topological polar surface area (TPSA) is 40.5 Å². The first-order valence-corrected chi connectivity index (χ1v) is 5.03. The van der Waals surface area contributed by atoms with Gasteiger partial charge in [0.05, 0.1) is 0 Å². The molecule has 1 N–H and O–H groups in total. The molecular formula is C11H21NO2. The molecule has 0 aliphatic carbocycles. The Kier molecular flexibility index (Phi) is 5.46. The number of nitrogens with zero attached hydrogens (tertiary/aromatic N) is 1. The van der Waals surface area contributed by atoms with Crippen LogP contribution in [0.2, 0.25) is 0 Å². The highest BCUT2D eigenvalue weighted by molar-refractivity contribution is 5.85. The number of hydrogen-bond acceptors (Lipinski definition) is 2. The molecular weight excluding hydrogens is 178 g/mol. The van der Waals surface area contributed by atoms with E-state index in [1.54, 1.807) is 0 Å². The first-order chi connectivity index (χ1) is 6.36. The van der Waals surface area contributed by atoms with Crippen molar-refractivity contribution in [2.75, 3.05) is 6.54 Å². The van der Waals surface area contributed by atoms with Gasteiger partial charge in [-0.25, -0.2) is 4.79 Å². The van der Waals surface area contributed by atoms with Gasteiger partial charge in [-0.1, -0.05) is 6.58 Å². The van der Waals surface area contributed by atoms with Gasteiger partial charge in [0.25, 0.3) is 0 Å². The van der Waals surface area contributed by atoms with Gasteiger partial charge in [0.15, 0.2) is 0 Å². The van der Waals surface area contributed by atoms with E-state index >= 15 is 0 Å². The van der Waals surface area contributed by atoms with Crippen LogP contribution in [-0.2, 0) is 4.79 Å². The predicted molar refractivity (Wildman–Crippen MR) is 58.4 cm³/mol. The van der Waals surface area contributed by atoms with Crippen molar-refractivity contribution in [1.82, 2.24) is 4.90 Å². The molecule has 0 saturated heterocycles. The zero-order valence-electron chi connectivity index (χ0n) is 9.58. The summed E-state index contributed by atoms with van der Waals surface area (Å²) in [5, 5.41) is 8.65. The van der Waals surface area contributed by atoms with Crippen LogP contribution in [-0.4, -0.2) is 34.6 Å². The Bertz CT molecular complexity index is 201. The van der Waals surface area contributed by atoms with Crippen molar-refractivity contribution in [2.24, 2.45) is 0 Å². The third-order valence-electron chi connectivity index (χ3n) is 2.30. The third-order valence-corrected chi connectivity index (χ3v) is 2.30. The highest BCUT2D eigenvalue weighted by atomic mass is 16.4. The van der Waals surface area contributed by atoms with Crippen molar-refractivity contribution in [1.29, 1.82) is 0 Å². The second kappa shape index (κ2) is 5.81. The summed E-state index contributed by atoms with van der Waals surface area (Å²) in [6, 6.07) is 0.883. The largest absolute Gasteiger partial charge is 0.478 e. The van der Waals surface area contributed by atoms with E-state index in [0.717, 1.165) is 6.54 Å². The highest BCUT2D eigenvalue weighted by Crippen LogP contribution is 2.08. The lowest BCUT2D eigenvalue weighted by Gasteiger charge is -2.30. The van der Waals surface area contributed by atoms with Crippen LogP contribution >= 0.6 is 0 Å². The van der Waals surface area contributed by atoms with Crippen molar-refractivity contribution < 1.29 is 9.90 Å². The molecule has 14 heavy (non-hydrogen) atoms. The fraction of sp³-hybridized carbons (Fsp3) is 0.727. The summed E-state index contributed by atoms with van der Waals surface area (Å²) in [5.41, 5.74) is 0.288. The Balaban J connectivity index is 4.07. The predicted octanol–water partition coefficient (Wildman–Crippen LogP) is 2.14. The molecule has 0 aliphatic rings. The van der Waals surface area contributed by atoms with Crippen molar-refractivity contribution in [2.45, 2.75) is 46.2 Å². The second-order valence-corrected chi connectivity index (χ2v) is 4.08. The minimum absolute atomic E-state index is 0.288. The highest BCUT2D eigenvalue weighted by Gasteiger charge is 2.14. The Morgan fingerprint density at radius 2 is 1.71 bits per heavy atom. The molecule has 0 aromatic rings. The summed E-state index contributed by atoms with van der Waals surface area (Å²) >= 11 is 0. The van der Waals surface area contributed by atoms with Crippen LogP contribution in [0.15, 0.2) is 12.2 Å². The van der Waals surface area contributed by atoms with E-state index in [2.05, 4.69) is 39.2 Å². The molecule has 0 rings (SSSR count). The van der Waals surface area contributed by atoms with E-state index < -0.39 is 5.97 Å². The summed E-state index contributed by atoms with van der Waals surface area (Å²) in [6.45, 7) is 12.7. The van der Waals surface area contributed by atoms with Gasteiger partial charge < -0.3 is 5.11 Å². The van der Waals surface area contributed by atoms with Crippen LogP contribution in [0.3, 0.4) is 0 Å². The van der Waals surface area contributed by atoms with Crippen LogP contribution in [0, 0.1) is 0 Å². The molecule has 0 aromatic carbocycles. The van der Waals surface area contributed by atoms with Gasteiger partial charge in [0.1, 0.15) is 0 Å². The van der Waals surface area contributed by atoms with E-state index in [0.29, 0.717) is 18.5 Å². The molecule has 3 nitrogen and oxygen atoms in total. The molecule has 0 radical (unpaired) electrons. The normalized spacial score (nSPS) is 11.4. The standard InChI is InChI=1S/C11H21NO2/c1-8(2)12(9(3)4)7-6-10(5)11(13)14/h8-9H,5-7H2,1-4H3,(H,13,14). The Labute approximate surface area is 86.4 Å². The molecule has 0 atom stereocenters. The molecule has 0 amide bonds. The zero-order valence-corrected chi connectivity index (χ0v) is 9.58. The summed E-state index contributed by atoms with van der Waals surface area (Å²) in [5.74, 6) is -0.891. The number of hydrogen-bond donors (Lipinski definition) is 1. The van der Waals surface area contributed by atoms with Crippen LogP contribution < -0.4 is 0 Å². The molecule has 3 heteroatoms. The molecule has 0 spiro atoms. The van der Waals surface area contributed by atoms with Gasteiger partial charge in [-0.2, -0.15) is 0 Å². The Morgan fingerprint density at radius 1 is 1.29 bits per heavy atom. The Hall–Kier alpha value is -0.830. The molecule has 0 bridgehead atoms. The fourth-order valence-corrected chi connectivity index (χ4v) is 1.48. The molecule has 82 valence electrons. The number of carbonyl (C=O) groups is 1. The SMILES string of the molecule is C=C(CCN(C(C)C)C(C)C)C(=O)O. The van der Waals surface area contributed by atoms with Gasteiger partial charge in [-0.3, -0.25) is 4.90 Å². The molecule has 0 unspecified atom stereocenters. The summed E-state index contributed by atoms with van der Waals surface area (Å²) < 4.78 is 0. The Morgan fingerprint density at radius 3 is 2.00 bits per heavy atom. The monoisotopic (exact) mass is 199 g/mol. The van der Waals surface area contributed by atoms with Crippen molar-refractivity contribution in [3.05, 3.63) is 12.2 Å². The maximum Gasteiger partial charge on any atom is 0.331 e. The van der Waals surface area contributed by atoms with Gasteiger partial charge in [0.2, 0.25) is 0 Å². The molecule has 0 saturated carbocycles. The van der Waals surface area contributed by atoms with E-state index in [9.17, 15) is 4.79 Å². The lowest BCUT2D eigenvalue weighted by Crippen LogP contribution is -2.38. The lowest BCUT2D eigenvalue weighted by molar-refractivity contribution is -0.132. The number of carboxylic acids is 1. The van der Waals surface area contributed by atoms with Gasteiger partial charge >= 0.3 is 5.97 Å². The van der Waals surface area contributed by atoms with Crippen LogP contribution in [0.25, 0.3) is 0 Å². The van der Waals surface area contributed by atoms with Gasteiger partial charge in [-0.15, -0.1) is 0 Å². The molecule has 0 aromatic heterocycles. The van der Waals surface area contributed by atoms with E-state index in [1.165, 1.54) is 0 Å². The number of aliphatic carboxylic acids is 1. The fourth-order valence-electron chi connectivity index (χ4n) is 1.48. The van der Waals surface area contributed by atoms with Crippen molar-refractivity contribution in [3.8, 4) is 0 Å². The molecule has 0 aliphatic heterocycles. The summed E-state index contributed by atoms with van der Waals surface area (Å²) in [4.78, 5) is 12.8. The third kappa shape index (κ3) is 4.42. The minimum Gasteiger partial charge on any atom is -0.478 e. The molecule has 0 heterocycles. The van der Waals surface area contributed by atoms with Gasteiger partial charge in [0, 0.05) is 24.2 Å². The maximum absolute atomic E-state index is 10.5. The second-order valence-electron chi connectivity index (χ2n) is 4.08. The average Bonchev–Trinajstić information content (AvgIpc) is 2.02. The van der Waals surface area contributed by atoms with E-state index in [-0.39, 0.29) is 5.57 Å². The zero-order chi connectivity index (χ0) is 11.3. The van der Waals surface area contributed by atoms with Crippen molar-refractivity contribution >= 4 is 5.97 Å². The van der Waals surface area contributed by atoms with Gasteiger partial charge in [-0.05, 0) is 34.1 Å². The van der Waals surface area contributed by atoms with Crippen LogP contribution in [0.5, 0.6) is 0 Å². The van der Waals surface area contributed by atoms with Crippen LogP contribution in [0.4, 0.5) is 0 Å². The number of rotatable bonds is 6. The van der Waals surface area contributed by atoms with Crippen molar-refractivity contribution in [3.63, 3.8) is 0 Å². The molecule has 0 fully saturated rings. The maximum atomic E-state index is 10.5. The minimum atomic E-state index is -0.891. The van der Waals surface area contributed by atoms with E-state index in [1.807, 2.05) is 0 Å².